The van der Waals surface area contributed by atoms with E-state index in [4.69, 9.17) is 10.6 Å². The zero-order valence-corrected chi connectivity index (χ0v) is 9.89. The summed E-state index contributed by atoms with van der Waals surface area (Å²) in [6.07, 6.45) is 1.52. The molecule has 0 aliphatic heterocycles. The Labute approximate surface area is 109 Å². The maximum atomic E-state index is 10.5. The fraction of sp³-hybridized carbons (Fsp3) is 0. The smallest absolute Gasteiger partial charge is 0.269 e. The van der Waals surface area contributed by atoms with E-state index in [2.05, 4.69) is 5.10 Å². The molecule has 6 nitrogen and oxygen atoms in total. The van der Waals surface area contributed by atoms with Gasteiger partial charge in [-0.05, 0) is 42.0 Å². The third-order valence-electron chi connectivity index (χ3n) is 2.39. The van der Waals surface area contributed by atoms with Crippen molar-refractivity contribution >= 4 is 11.9 Å². The van der Waals surface area contributed by atoms with Crippen molar-refractivity contribution in [1.82, 2.24) is 0 Å². The van der Waals surface area contributed by atoms with Crippen LogP contribution in [0.2, 0.25) is 0 Å². The monoisotopic (exact) mass is 257 g/mol. The molecule has 0 atom stereocenters. The predicted octanol–water partition coefficient (Wildman–Crippen LogP) is 2.68. The number of hydrogen-bond donors (Lipinski definition) is 1. The van der Waals surface area contributed by atoms with Gasteiger partial charge in [-0.2, -0.15) is 5.10 Å². The molecule has 0 bridgehead atoms. The number of non-ortho nitro benzene ring substituents is 1. The van der Waals surface area contributed by atoms with Crippen LogP contribution >= 0.6 is 0 Å². The van der Waals surface area contributed by atoms with Crippen molar-refractivity contribution in [2.24, 2.45) is 10.9 Å². The number of hydrogen-bond acceptors (Lipinski definition) is 5. The zero-order chi connectivity index (χ0) is 13.7. The van der Waals surface area contributed by atoms with Gasteiger partial charge in [0.1, 0.15) is 11.5 Å². The Bertz CT molecular complexity index is 592. The summed E-state index contributed by atoms with van der Waals surface area (Å²) < 4.78 is 5.55. The lowest BCUT2D eigenvalue weighted by Gasteiger charge is -2.05. The molecule has 2 aromatic rings. The van der Waals surface area contributed by atoms with E-state index >= 15 is 0 Å². The Balaban J connectivity index is 2.10. The van der Waals surface area contributed by atoms with Gasteiger partial charge in [0, 0.05) is 12.1 Å². The SMILES string of the molecule is NN=Cc1ccc(Oc2ccc([N+](=O)[O-])cc2)cc1. The lowest BCUT2D eigenvalue weighted by molar-refractivity contribution is -0.384. The standard InChI is InChI=1S/C13H11N3O3/c14-15-9-10-1-5-12(6-2-10)19-13-7-3-11(4-8-13)16(17)18/h1-9H,14H2. The summed E-state index contributed by atoms with van der Waals surface area (Å²) >= 11 is 0. The molecule has 0 aliphatic rings. The third-order valence-corrected chi connectivity index (χ3v) is 2.39. The fourth-order valence-electron chi connectivity index (χ4n) is 1.48. The predicted molar refractivity (Wildman–Crippen MR) is 71.4 cm³/mol. The average molecular weight is 257 g/mol. The summed E-state index contributed by atoms with van der Waals surface area (Å²) in [6, 6.07) is 13.0. The normalized spacial score (nSPS) is 10.5. The van der Waals surface area contributed by atoms with E-state index in [-0.39, 0.29) is 5.69 Å². The number of hydrazone groups is 1. The van der Waals surface area contributed by atoms with Crippen molar-refractivity contribution in [2.45, 2.75) is 0 Å². The molecule has 0 spiro atoms. The minimum absolute atomic E-state index is 0.0295. The second-order valence-electron chi connectivity index (χ2n) is 3.70. The molecule has 2 aromatic carbocycles. The Kier molecular flexibility index (Phi) is 3.72. The summed E-state index contributed by atoms with van der Waals surface area (Å²) in [6.45, 7) is 0. The molecule has 2 N–H and O–H groups in total. The van der Waals surface area contributed by atoms with Crippen LogP contribution in [0.15, 0.2) is 53.6 Å². The topological polar surface area (TPSA) is 90.8 Å². The fourth-order valence-corrected chi connectivity index (χ4v) is 1.48. The summed E-state index contributed by atoms with van der Waals surface area (Å²) in [7, 11) is 0. The van der Waals surface area contributed by atoms with E-state index in [0.29, 0.717) is 11.5 Å². The van der Waals surface area contributed by atoms with E-state index in [1.165, 1.54) is 18.3 Å². The second kappa shape index (κ2) is 5.63. The number of nitro groups is 1. The number of rotatable bonds is 4. The van der Waals surface area contributed by atoms with E-state index in [1.54, 1.807) is 36.4 Å². The van der Waals surface area contributed by atoms with Crippen molar-refractivity contribution in [3.63, 3.8) is 0 Å². The van der Waals surface area contributed by atoms with Crippen molar-refractivity contribution in [3.05, 3.63) is 64.2 Å². The average Bonchev–Trinajstić information content (AvgIpc) is 2.42. The first-order chi connectivity index (χ1) is 9.19. The Morgan fingerprint density at radius 1 is 1.05 bits per heavy atom. The summed E-state index contributed by atoms with van der Waals surface area (Å²) in [4.78, 5) is 10.1. The maximum absolute atomic E-state index is 10.5. The van der Waals surface area contributed by atoms with Gasteiger partial charge in [0.05, 0.1) is 11.1 Å². The molecule has 6 heteroatoms. The molecule has 0 saturated heterocycles. The largest absolute Gasteiger partial charge is 0.457 e. The van der Waals surface area contributed by atoms with Crippen molar-refractivity contribution in [1.29, 1.82) is 0 Å². The molecule has 0 saturated carbocycles. The molecule has 0 fully saturated rings. The molecular weight excluding hydrogens is 246 g/mol. The summed E-state index contributed by atoms with van der Waals surface area (Å²) in [5.41, 5.74) is 0.889. The molecular formula is C13H11N3O3. The van der Waals surface area contributed by atoms with Crippen LogP contribution in [0.5, 0.6) is 11.5 Å². The highest BCUT2D eigenvalue weighted by molar-refractivity contribution is 5.79. The molecule has 0 heterocycles. The third kappa shape index (κ3) is 3.29. The molecule has 0 aliphatic carbocycles. The van der Waals surface area contributed by atoms with Crippen LogP contribution in [-0.2, 0) is 0 Å². The molecule has 0 unspecified atom stereocenters. The number of nitro benzene ring substituents is 1. The minimum Gasteiger partial charge on any atom is -0.457 e. The molecule has 0 amide bonds. The zero-order valence-electron chi connectivity index (χ0n) is 9.89. The van der Waals surface area contributed by atoms with Gasteiger partial charge >= 0.3 is 0 Å². The number of nitrogens with zero attached hydrogens (tertiary/aromatic N) is 2. The Hall–Kier alpha value is -2.89. The van der Waals surface area contributed by atoms with Gasteiger partial charge in [-0.1, -0.05) is 0 Å². The quantitative estimate of drug-likeness (QED) is 0.394. The van der Waals surface area contributed by atoms with Crippen molar-refractivity contribution < 1.29 is 9.66 Å². The second-order valence-corrected chi connectivity index (χ2v) is 3.70. The van der Waals surface area contributed by atoms with Gasteiger partial charge in [0.15, 0.2) is 0 Å². The van der Waals surface area contributed by atoms with E-state index in [0.717, 1.165) is 5.56 Å². The van der Waals surface area contributed by atoms with Gasteiger partial charge in [-0.15, -0.1) is 0 Å². The summed E-state index contributed by atoms with van der Waals surface area (Å²) in [5.74, 6) is 6.20. The minimum atomic E-state index is -0.454. The summed E-state index contributed by atoms with van der Waals surface area (Å²) in [5, 5.41) is 13.9. The van der Waals surface area contributed by atoms with Crippen LogP contribution in [0, 0.1) is 10.1 Å². The van der Waals surface area contributed by atoms with E-state index < -0.39 is 4.92 Å². The van der Waals surface area contributed by atoms with Gasteiger partial charge < -0.3 is 10.6 Å². The van der Waals surface area contributed by atoms with Crippen LogP contribution in [0.4, 0.5) is 5.69 Å². The molecule has 19 heavy (non-hydrogen) atoms. The Morgan fingerprint density at radius 3 is 2.05 bits per heavy atom. The lowest BCUT2D eigenvalue weighted by atomic mass is 10.2. The Morgan fingerprint density at radius 2 is 1.58 bits per heavy atom. The van der Waals surface area contributed by atoms with Crippen molar-refractivity contribution in [2.75, 3.05) is 0 Å². The lowest BCUT2D eigenvalue weighted by Crippen LogP contribution is -1.89. The number of benzene rings is 2. The molecule has 0 aromatic heterocycles. The van der Waals surface area contributed by atoms with Gasteiger partial charge in [-0.25, -0.2) is 0 Å². The van der Waals surface area contributed by atoms with Gasteiger partial charge in [0.2, 0.25) is 0 Å². The first-order valence-corrected chi connectivity index (χ1v) is 5.44. The van der Waals surface area contributed by atoms with E-state index in [1.807, 2.05) is 0 Å². The van der Waals surface area contributed by atoms with Crippen LogP contribution in [-0.4, -0.2) is 11.1 Å². The maximum Gasteiger partial charge on any atom is 0.269 e. The van der Waals surface area contributed by atoms with E-state index in [9.17, 15) is 10.1 Å². The molecule has 96 valence electrons. The number of ether oxygens (including phenoxy) is 1. The molecule has 0 radical (unpaired) electrons. The van der Waals surface area contributed by atoms with Gasteiger partial charge in [-0.3, -0.25) is 10.1 Å². The van der Waals surface area contributed by atoms with Gasteiger partial charge in [0.25, 0.3) is 5.69 Å². The highest BCUT2D eigenvalue weighted by Crippen LogP contribution is 2.23. The van der Waals surface area contributed by atoms with Crippen LogP contribution in [0.3, 0.4) is 0 Å². The highest BCUT2D eigenvalue weighted by atomic mass is 16.6. The highest BCUT2D eigenvalue weighted by Gasteiger charge is 2.04. The van der Waals surface area contributed by atoms with Crippen LogP contribution in [0.1, 0.15) is 5.56 Å². The van der Waals surface area contributed by atoms with Crippen LogP contribution in [0.25, 0.3) is 0 Å². The van der Waals surface area contributed by atoms with Crippen molar-refractivity contribution in [3.8, 4) is 11.5 Å². The van der Waals surface area contributed by atoms with Crippen LogP contribution < -0.4 is 10.6 Å². The first-order valence-electron chi connectivity index (χ1n) is 5.44. The number of nitrogens with two attached hydrogens (primary N) is 1. The molecule has 2 rings (SSSR count). The first kappa shape index (κ1) is 12.6.